The Labute approximate surface area is 131 Å². The van der Waals surface area contributed by atoms with Crippen molar-refractivity contribution in [1.29, 1.82) is 0 Å². The molecule has 0 unspecified atom stereocenters. The minimum absolute atomic E-state index is 0.0729. The van der Waals surface area contributed by atoms with Gasteiger partial charge < -0.3 is 14.5 Å². The molecule has 1 fully saturated rings. The standard InChI is InChI=1S/C18H22N2O2/c1-2-19-10-12-20(13-11-19)18(21)14-22-17-9-5-7-15-6-3-4-8-16(15)17/h3-9H,2,10-14H2,1H3. The second kappa shape index (κ2) is 6.79. The van der Waals surface area contributed by atoms with Gasteiger partial charge >= 0.3 is 0 Å². The van der Waals surface area contributed by atoms with Crippen LogP contribution in [0.5, 0.6) is 5.75 Å². The van der Waals surface area contributed by atoms with Crippen molar-refractivity contribution in [2.24, 2.45) is 0 Å². The number of hydrogen-bond acceptors (Lipinski definition) is 3. The summed E-state index contributed by atoms with van der Waals surface area (Å²) in [7, 11) is 0. The molecular formula is C18H22N2O2. The van der Waals surface area contributed by atoms with Crippen molar-refractivity contribution in [2.75, 3.05) is 39.3 Å². The molecule has 1 amide bonds. The van der Waals surface area contributed by atoms with Crippen LogP contribution in [0.4, 0.5) is 0 Å². The first kappa shape index (κ1) is 14.9. The number of rotatable bonds is 4. The highest BCUT2D eigenvalue weighted by atomic mass is 16.5. The van der Waals surface area contributed by atoms with E-state index in [-0.39, 0.29) is 12.5 Å². The van der Waals surface area contributed by atoms with Gasteiger partial charge in [0.25, 0.3) is 5.91 Å². The zero-order valence-corrected chi connectivity index (χ0v) is 13.0. The number of benzene rings is 2. The second-order valence-corrected chi connectivity index (χ2v) is 5.58. The highest BCUT2D eigenvalue weighted by Crippen LogP contribution is 2.25. The summed E-state index contributed by atoms with van der Waals surface area (Å²) >= 11 is 0. The number of likely N-dealkylation sites (N-methyl/N-ethyl adjacent to an activating group) is 1. The molecule has 4 heteroatoms. The fourth-order valence-electron chi connectivity index (χ4n) is 2.87. The molecule has 2 aromatic rings. The lowest BCUT2D eigenvalue weighted by atomic mass is 10.1. The molecule has 0 bridgehead atoms. The summed E-state index contributed by atoms with van der Waals surface area (Å²) in [6.07, 6.45) is 0. The fourth-order valence-corrected chi connectivity index (χ4v) is 2.87. The SMILES string of the molecule is CCN1CCN(C(=O)COc2cccc3ccccc23)CC1. The number of amides is 1. The topological polar surface area (TPSA) is 32.8 Å². The number of nitrogens with zero attached hydrogens (tertiary/aromatic N) is 2. The van der Waals surface area contributed by atoms with Gasteiger partial charge in [0.1, 0.15) is 5.75 Å². The van der Waals surface area contributed by atoms with Crippen molar-refractivity contribution in [1.82, 2.24) is 9.80 Å². The summed E-state index contributed by atoms with van der Waals surface area (Å²) in [5, 5.41) is 2.18. The molecule has 0 atom stereocenters. The molecule has 0 radical (unpaired) electrons. The monoisotopic (exact) mass is 298 g/mol. The first-order valence-electron chi connectivity index (χ1n) is 7.88. The average molecular weight is 298 g/mol. The molecule has 0 spiro atoms. The lowest BCUT2D eigenvalue weighted by Gasteiger charge is -2.33. The summed E-state index contributed by atoms with van der Waals surface area (Å²) < 4.78 is 5.78. The Hall–Kier alpha value is -2.07. The van der Waals surface area contributed by atoms with Crippen molar-refractivity contribution < 1.29 is 9.53 Å². The summed E-state index contributed by atoms with van der Waals surface area (Å²) in [6.45, 7) is 6.82. The van der Waals surface area contributed by atoms with Crippen molar-refractivity contribution in [3.63, 3.8) is 0 Å². The van der Waals surface area contributed by atoms with Gasteiger partial charge in [0, 0.05) is 31.6 Å². The Bertz CT molecular complexity index is 643. The van der Waals surface area contributed by atoms with Gasteiger partial charge in [-0.25, -0.2) is 0 Å². The number of fused-ring (bicyclic) bond motifs is 1. The van der Waals surface area contributed by atoms with Crippen LogP contribution in [0.25, 0.3) is 10.8 Å². The number of piperazine rings is 1. The van der Waals surface area contributed by atoms with E-state index in [0.29, 0.717) is 0 Å². The van der Waals surface area contributed by atoms with Gasteiger partial charge in [-0.1, -0.05) is 43.3 Å². The van der Waals surface area contributed by atoms with E-state index in [1.54, 1.807) is 0 Å². The van der Waals surface area contributed by atoms with E-state index in [1.165, 1.54) is 0 Å². The van der Waals surface area contributed by atoms with Crippen LogP contribution < -0.4 is 4.74 Å². The second-order valence-electron chi connectivity index (χ2n) is 5.58. The maximum atomic E-state index is 12.3. The molecule has 1 aliphatic heterocycles. The number of carbonyl (C=O) groups is 1. The third kappa shape index (κ3) is 3.22. The van der Waals surface area contributed by atoms with E-state index in [4.69, 9.17) is 4.74 Å². The zero-order valence-electron chi connectivity index (χ0n) is 13.0. The van der Waals surface area contributed by atoms with Crippen LogP contribution in [-0.2, 0) is 4.79 Å². The third-order valence-corrected chi connectivity index (χ3v) is 4.27. The van der Waals surface area contributed by atoms with E-state index in [2.05, 4.69) is 11.8 Å². The van der Waals surface area contributed by atoms with E-state index in [0.717, 1.165) is 49.2 Å². The van der Waals surface area contributed by atoms with Gasteiger partial charge in [0.2, 0.25) is 0 Å². The van der Waals surface area contributed by atoms with Gasteiger partial charge in [0.15, 0.2) is 6.61 Å². The summed E-state index contributed by atoms with van der Waals surface area (Å²) in [5.74, 6) is 0.849. The first-order chi connectivity index (χ1) is 10.8. The van der Waals surface area contributed by atoms with Crippen molar-refractivity contribution in [3.05, 3.63) is 42.5 Å². The molecule has 3 rings (SSSR count). The molecule has 4 nitrogen and oxygen atoms in total. The van der Waals surface area contributed by atoms with E-state index in [9.17, 15) is 4.79 Å². The molecule has 2 aromatic carbocycles. The van der Waals surface area contributed by atoms with Crippen LogP contribution in [0.1, 0.15) is 6.92 Å². The lowest BCUT2D eigenvalue weighted by molar-refractivity contribution is -0.135. The minimum Gasteiger partial charge on any atom is -0.483 e. The number of carbonyl (C=O) groups excluding carboxylic acids is 1. The van der Waals surface area contributed by atoms with Crippen molar-refractivity contribution in [2.45, 2.75) is 6.92 Å². The molecule has 0 aliphatic carbocycles. The Kier molecular flexibility index (Phi) is 4.59. The molecule has 0 aromatic heterocycles. The molecule has 116 valence electrons. The van der Waals surface area contributed by atoms with Crippen LogP contribution in [0.15, 0.2) is 42.5 Å². The highest BCUT2D eigenvalue weighted by molar-refractivity contribution is 5.88. The molecule has 0 saturated carbocycles. The van der Waals surface area contributed by atoms with Crippen LogP contribution in [-0.4, -0.2) is 55.0 Å². The quantitative estimate of drug-likeness (QED) is 0.869. The summed E-state index contributed by atoms with van der Waals surface area (Å²) in [5.41, 5.74) is 0. The van der Waals surface area contributed by atoms with Crippen LogP contribution in [0.3, 0.4) is 0 Å². The van der Waals surface area contributed by atoms with Gasteiger partial charge in [-0.3, -0.25) is 4.79 Å². The number of hydrogen-bond donors (Lipinski definition) is 0. The van der Waals surface area contributed by atoms with E-state index >= 15 is 0 Å². The van der Waals surface area contributed by atoms with Crippen molar-refractivity contribution >= 4 is 16.7 Å². The molecule has 1 saturated heterocycles. The number of ether oxygens (including phenoxy) is 1. The molecule has 1 heterocycles. The smallest absolute Gasteiger partial charge is 0.260 e. The third-order valence-electron chi connectivity index (χ3n) is 4.27. The van der Waals surface area contributed by atoms with E-state index < -0.39 is 0 Å². The molecular weight excluding hydrogens is 276 g/mol. The fraction of sp³-hybridized carbons (Fsp3) is 0.389. The van der Waals surface area contributed by atoms with Gasteiger partial charge in [0.05, 0.1) is 0 Å². The normalized spacial score (nSPS) is 16.0. The van der Waals surface area contributed by atoms with Crippen LogP contribution >= 0.6 is 0 Å². The Morgan fingerprint density at radius 3 is 2.55 bits per heavy atom. The minimum atomic E-state index is 0.0729. The molecule has 1 aliphatic rings. The largest absolute Gasteiger partial charge is 0.483 e. The Morgan fingerprint density at radius 1 is 1.05 bits per heavy atom. The van der Waals surface area contributed by atoms with Crippen molar-refractivity contribution in [3.8, 4) is 5.75 Å². The maximum absolute atomic E-state index is 12.3. The van der Waals surface area contributed by atoms with Gasteiger partial charge in [-0.15, -0.1) is 0 Å². The first-order valence-corrected chi connectivity index (χ1v) is 7.88. The van der Waals surface area contributed by atoms with Gasteiger partial charge in [-0.2, -0.15) is 0 Å². The van der Waals surface area contributed by atoms with E-state index in [1.807, 2.05) is 47.4 Å². The predicted molar refractivity (Wildman–Crippen MR) is 88.1 cm³/mol. The molecule has 22 heavy (non-hydrogen) atoms. The van der Waals surface area contributed by atoms with Gasteiger partial charge in [-0.05, 0) is 18.0 Å². The maximum Gasteiger partial charge on any atom is 0.260 e. The summed E-state index contributed by atoms with van der Waals surface area (Å²) in [4.78, 5) is 16.5. The zero-order chi connectivity index (χ0) is 15.4. The highest BCUT2D eigenvalue weighted by Gasteiger charge is 2.20. The summed E-state index contributed by atoms with van der Waals surface area (Å²) in [6, 6.07) is 14.0. The van der Waals surface area contributed by atoms with Crippen LogP contribution in [0, 0.1) is 0 Å². The lowest BCUT2D eigenvalue weighted by Crippen LogP contribution is -2.49. The Balaban J connectivity index is 1.61. The molecule has 0 N–H and O–H groups in total. The average Bonchev–Trinajstić information content (AvgIpc) is 2.59. The van der Waals surface area contributed by atoms with Crippen LogP contribution in [0.2, 0.25) is 0 Å². The predicted octanol–water partition coefficient (Wildman–Crippen LogP) is 2.38. The Morgan fingerprint density at radius 2 is 1.77 bits per heavy atom.